The summed E-state index contributed by atoms with van der Waals surface area (Å²) in [6.45, 7) is 6.56. The Morgan fingerprint density at radius 3 is 2.67 bits per heavy atom. The molecular formula is C14H24O4. The third kappa shape index (κ3) is 3.31. The van der Waals surface area contributed by atoms with Gasteiger partial charge in [0.2, 0.25) is 0 Å². The first-order valence-electron chi connectivity index (χ1n) is 6.86. The monoisotopic (exact) mass is 256 g/mol. The summed E-state index contributed by atoms with van der Waals surface area (Å²) < 4.78 is 10.7. The Labute approximate surface area is 109 Å². The van der Waals surface area contributed by atoms with E-state index in [0.29, 0.717) is 26.1 Å². The van der Waals surface area contributed by atoms with Crippen molar-refractivity contribution in [3.63, 3.8) is 0 Å². The predicted molar refractivity (Wildman–Crippen MR) is 68.2 cm³/mol. The summed E-state index contributed by atoms with van der Waals surface area (Å²) in [4.78, 5) is 23.4. The van der Waals surface area contributed by atoms with Crippen molar-refractivity contribution in [2.24, 2.45) is 5.41 Å². The highest BCUT2D eigenvalue weighted by atomic mass is 16.6. The molecule has 1 heterocycles. The summed E-state index contributed by atoms with van der Waals surface area (Å²) in [7, 11) is 0. The topological polar surface area (TPSA) is 52.6 Å². The van der Waals surface area contributed by atoms with Crippen LogP contribution in [0, 0.1) is 5.41 Å². The van der Waals surface area contributed by atoms with Gasteiger partial charge in [-0.1, -0.05) is 26.7 Å². The molecule has 1 fully saturated rings. The van der Waals surface area contributed by atoms with Crippen molar-refractivity contribution in [2.75, 3.05) is 13.2 Å². The van der Waals surface area contributed by atoms with Crippen LogP contribution in [0.25, 0.3) is 0 Å². The molecule has 0 N–H and O–H groups in total. The lowest BCUT2D eigenvalue weighted by atomic mass is 9.79. The molecule has 0 aromatic rings. The van der Waals surface area contributed by atoms with Crippen LogP contribution >= 0.6 is 0 Å². The van der Waals surface area contributed by atoms with Gasteiger partial charge in [-0.15, -0.1) is 0 Å². The first kappa shape index (κ1) is 15.2. The molecule has 4 heteroatoms. The molecule has 1 saturated heterocycles. The Balaban J connectivity index is 2.39. The normalized spacial score (nSPS) is 27.3. The second-order valence-corrected chi connectivity index (χ2v) is 5.01. The van der Waals surface area contributed by atoms with E-state index in [2.05, 4.69) is 6.92 Å². The summed E-state index contributed by atoms with van der Waals surface area (Å²) in [6, 6.07) is 0. The number of carbonyl (C=O) groups excluding carboxylic acids is 2. The van der Waals surface area contributed by atoms with Gasteiger partial charge in [0, 0.05) is 13.0 Å². The maximum atomic E-state index is 11.8. The van der Waals surface area contributed by atoms with Gasteiger partial charge in [0.1, 0.15) is 17.3 Å². The predicted octanol–water partition coefficient (Wildman–Crippen LogP) is 2.49. The first-order valence-corrected chi connectivity index (χ1v) is 6.86. The van der Waals surface area contributed by atoms with Gasteiger partial charge in [-0.05, 0) is 19.8 Å². The fraction of sp³-hybridized carbons (Fsp3) is 0.857. The van der Waals surface area contributed by atoms with Crippen LogP contribution in [0.2, 0.25) is 0 Å². The number of hydrogen-bond acceptors (Lipinski definition) is 4. The Morgan fingerprint density at radius 2 is 2.17 bits per heavy atom. The van der Waals surface area contributed by atoms with Crippen molar-refractivity contribution in [3.8, 4) is 0 Å². The van der Waals surface area contributed by atoms with E-state index in [1.807, 2.05) is 6.92 Å². The Bertz CT molecular complexity index is 300. The highest BCUT2D eigenvalue weighted by molar-refractivity contribution is 6.03. The van der Waals surface area contributed by atoms with Crippen LogP contribution < -0.4 is 0 Å². The fourth-order valence-corrected chi connectivity index (χ4v) is 2.36. The Hall–Kier alpha value is -0.900. The minimum absolute atomic E-state index is 0.0940. The molecule has 2 unspecified atom stereocenters. The van der Waals surface area contributed by atoms with Crippen molar-refractivity contribution in [1.82, 2.24) is 0 Å². The van der Waals surface area contributed by atoms with E-state index in [0.717, 1.165) is 19.3 Å². The van der Waals surface area contributed by atoms with Crippen molar-refractivity contribution in [1.29, 1.82) is 0 Å². The van der Waals surface area contributed by atoms with E-state index >= 15 is 0 Å². The summed E-state index contributed by atoms with van der Waals surface area (Å²) in [5, 5.41) is 0. The van der Waals surface area contributed by atoms with Gasteiger partial charge in [0.05, 0.1) is 6.61 Å². The number of esters is 1. The van der Waals surface area contributed by atoms with Gasteiger partial charge < -0.3 is 9.47 Å². The zero-order valence-electron chi connectivity index (χ0n) is 11.7. The molecule has 0 aromatic carbocycles. The number of ketones is 1. The maximum Gasteiger partial charge on any atom is 0.320 e. The highest BCUT2D eigenvalue weighted by Gasteiger charge is 2.51. The van der Waals surface area contributed by atoms with Gasteiger partial charge >= 0.3 is 5.97 Å². The van der Waals surface area contributed by atoms with E-state index in [1.54, 1.807) is 0 Å². The molecule has 0 spiro atoms. The van der Waals surface area contributed by atoms with Crippen LogP contribution in [0.15, 0.2) is 0 Å². The van der Waals surface area contributed by atoms with Crippen molar-refractivity contribution < 1.29 is 19.1 Å². The third-order valence-corrected chi connectivity index (χ3v) is 3.71. The second-order valence-electron chi connectivity index (χ2n) is 5.01. The minimum atomic E-state index is -0.919. The number of unbranched alkanes of at least 4 members (excludes halogenated alkanes) is 2. The van der Waals surface area contributed by atoms with Crippen molar-refractivity contribution >= 4 is 11.8 Å². The number of rotatable bonds is 8. The molecule has 0 radical (unpaired) electrons. The molecule has 2 atom stereocenters. The van der Waals surface area contributed by atoms with Gasteiger partial charge in [0.25, 0.3) is 0 Å². The number of ether oxygens (including phenoxy) is 2. The molecular weight excluding hydrogens is 232 g/mol. The molecule has 0 aliphatic carbocycles. The van der Waals surface area contributed by atoms with Crippen LogP contribution in [-0.4, -0.2) is 31.1 Å². The number of cyclic esters (lactones) is 1. The fourth-order valence-electron chi connectivity index (χ4n) is 2.36. The lowest BCUT2D eigenvalue weighted by Crippen LogP contribution is -2.33. The van der Waals surface area contributed by atoms with E-state index in [9.17, 15) is 9.59 Å². The summed E-state index contributed by atoms with van der Waals surface area (Å²) in [6.07, 6.45) is 4.05. The van der Waals surface area contributed by atoms with Crippen LogP contribution in [0.5, 0.6) is 0 Å². The molecule has 0 amide bonds. The van der Waals surface area contributed by atoms with E-state index < -0.39 is 5.41 Å². The van der Waals surface area contributed by atoms with Gasteiger partial charge in [-0.2, -0.15) is 0 Å². The minimum Gasteiger partial charge on any atom is -0.459 e. The van der Waals surface area contributed by atoms with Gasteiger partial charge in [-0.3, -0.25) is 9.59 Å². The Kier molecular flexibility index (Phi) is 5.79. The SMILES string of the molecule is CCCCCOCC1CC(CC)(C(C)=O)C(=O)O1. The lowest BCUT2D eigenvalue weighted by molar-refractivity contribution is -0.153. The molecule has 0 saturated carbocycles. The number of carbonyl (C=O) groups is 2. The maximum absolute atomic E-state index is 11.8. The van der Waals surface area contributed by atoms with Gasteiger partial charge in [-0.25, -0.2) is 0 Å². The molecule has 1 aliphatic rings. The van der Waals surface area contributed by atoms with Crippen LogP contribution in [0.3, 0.4) is 0 Å². The van der Waals surface area contributed by atoms with Crippen molar-refractivity contribution in [2.45, 2.75) is 59.0 Å². The molecule has 18 heavy (non-hydrogen) atoms. The standard InChI is InChI=1S/C14H24O4/c1-4-6-7-8-17-10-12-9-14(5-2,11(3)15)13(16)18-12/h12H,4-10H2,1-3H3. The lowest BCUT2D eigenvalue weighted by Gasteiger charge is -2.18. The van der Waals surface area contributed by atoms with Crippen LogP contribution in [0.4, 0.5) is 0 Å². The van der Waals surface area contributed by atoms with Gasteiger partial charge in [0.15, 0.2) is 0 Å². The molecule has 0 bridgehead atoms. The quantitative estimate of drug-likeness (QED) is 0.380. The van der Waals surface area contributed by atoms with E-state index in [4.69, 9.17) is 9.47 Å². The number of hydrogen-bond donors (Lipinski definition) is 0. The highest BCUT2D eigenvalue weighted by Crippen LogP contribution is 2.38. The molecule has 1 aliphatic heterocycles. The summed E-state index contributed by atoms with van der Waals surface area (Å²) >= 11 is 0. The zero-order chi connectivity index (χ0) is 13.6. The largest absolute Gasteiger partial charge is 0.459 e. The first-order chi connectivity index (χ1) is 8.56. The van der Waals surface area contributed by atoms with Crippen LogP contribution in [0.1, 0.15) is 52.9 Å². The smallest absolute Gasteiger partial charge is 0.320 e. The second kappa shape index (κ2) is 6.88. The molecule has 4 nitrogen and oxygen atoms in total. The van der Waals surface area contributed by atoms with Crippen molar-refractivity contribution in [3.05, 3.63) is 0 Å². The number of Topliss-reactive ketones (excluding diaryl/α,β-unsaturated/α-hetero) is 1. The zero-order valence-corrected chi connectivity index (χ0v) is 11.7. The summed E-state index contributed by atoms with van der Waals surface area (Å²) in [5.74, 6) is -0.469. The molecule has 104 valence electrons. The third-order valence-electron chi connectivity index (χ3n) is 3.71. The Morgan fingerprint density at radius 1 is 1.44 bits per heavy atom. The van der Waals surface area contributed by atoms with E-state index in [1.165, 1.54) is 6.92 Å². The average molecular weight is 256 g/mol. The molecule has 1 rings (SSSR count). The van der Waals surface area contributed by atoms with E-state index in [-0.39, 0.29) is 17.9 Å². The summed E-state index contributed by atoms with van der Waals surface area (Å²) in [5.41, 5.74) is -0.919. The average Bonchev–Trinajstić information content (AvgIpc) is 2.66. The molecule has 0 aromatic heterocycles. The van der Waals surface area contributed by atoms with Crippen LogP contribution in [-0.2, 0) is 19.1 Å².